The molecule has 7 heteroatoms. The Morgan fingerprint density at radius 3 is 2.58 bits per heavy atom. The van der Waals surface area contributed by atoms with E-state index in [1.807, 2.05) is 56.3 Å². The standard InChI is InChI=1S/C19H16Br2N2O2S/c1-11-3-8-16(15(21)9-11)25-10-17(24)22-19-23-18(12(2)26-19)13-4-6-14(20)7-5-13/h3-9H,10H2,1-2H3,(H,22,23,24). The Kier molecular flexibility index (Phi) is 6.11. The Morgan fingerprint density at radius 2 is 1.88 bits per heavy atom. The summed E-state index contributed by atoms with van der Waals surface area (Å²) < 4.78 is 7.42. The number of halogens is 2. The first-order chi connectivity index (χ1) is 12.4. The van der Waals surface area contributed by atoms with Gasteiger partial charge in [0.25, 0.3) is 5.91 Å². The number of hydrogen-bond donors (Lipinski definition) is 1. The average Bonchev–Trinajstić information content (AvgIpc) is 2.95. The van der Waals surface area contributed by atoms with E-state index in [0.29, 0.717) is 10.9 Å². The first-order valence-corrected chi connectivity index (χ1v) is 10.2. The number of nitrogens with one attached hydrogen (secondary N) is 1. The summed E-state index contributed by atoms with van der Waals surface area (Å²) >= 11 is 8.31. The van der Waals surface area contributed by atoms with Crippen LogP contribution in [0, 0.1) is 13.8 Å². The van der Waals surface area contributed by atoms with Crippen molar-refractivity contribution in [3.8, 4) is 17.0 Å². The molecule has 4 nitrogen and oxygen atoms in total. The van der Waals surface area contributed by atoms with Gasteiger partial charge in [-0.05, 0) is 59.6 Å². The predicted molar refractivity (Wildman–Crippen MR) is 113 cm³/mol. The molecule has 1 aromatic heterocycles. The third-order valence-corrected chi connectivity index (χ3v) is 5.64. The number of benzene rings is 2. The lowest BCUT2D eigenvalue weighted by molar-refractivity contribution is -0.118. The quantitative estimate of drug-likeness (QED) is 0.474. The molecular formula is C19H16Br2N2O2S. The zero-order chi connectivity index (χ0) is 18.7. The summed E-state index contributed by atoms with van der Waals surface area (Å²) in [6.07, 6.45) is 0. The first-order valence-electron chi connectivity index (χ1n) is 7.84. The molecule has 0 fully saturated rings. The summed E-state index contributed by atoms with van der Waals surface area (Å²) in [7, 11) is 0. The Balaban J connectivity index is 1.64. The highest BCUT2D eigenvalue weighted by Crippen LogP contribution is 2.31. The van der Waals surface area contributed by atoms with Gasteiger partial charge in [-0.15, -0.1) is 11.3 Å². The van der Waals surface area contributed by atoms with Gasteiger partial charge in [-0.1, -0.05) is 34.1 Å². The van der Waals surface area contributed by atoms with Crippen LogP contribution in [0.25, 0.3) is 11.3 Å². The molecule has 26 heavy (non-hydrogen) atoms. The van der Waals surface area contributed by atoms with Crippen molar-refractivity contribution < 1.29 is 9.53 Å². The maximum Gasteiger partial charge on any atom is 0.264 e. The fourth-order valence-electron chi connectivity index (χ4n) is 2.35. The number of carbonyl (C=O) groups excluding carboxylic acids is 1. The van der Waals surface area contributed by atoms with E-state index in [4.69, 9.17) is 4.74 Å². The third-order valence-electron chi connectivity index (χ3n) is 3.61. The van der Waals surface area contributed by atoms with Gasteiger partial charge in [-0.2, -0.15) is 0 Å². The van der Waals surface area contributed by atoms with Crippen molar-refractivity contribution in [1.29, 1.82) is 0 Å². The molecule has 1 N–H and O–H groups in total. The molecule has 3 aromatic rings. The van der Waals surface area contributed by atoms with Crippen LogP contribution < -0.4 is 10.1 Å². The smallest absolute Gasteiger partial charge is 0.264 e. The summed E-state index contributed by atoms with van der Waals surface area (Å²) in [4.78, 5) is 17.8. The number of thiazole rings is 1. The Hall–Kier alpha value is -1.70. The van der Waals surface area contributed by atoms with Crippen LogP contribution in [0.1, 0.15) is 10.4 Å². The van der Waals surface area contributed by atoms with Crippen molar-refractivity contribution in [2.24, 2.45) is 0 Å². The van der Waals surface area contributed by atoms with Crippen LogP contribution in [-0.2, 0) is 4.79 Å². The van der Waals surface area contributed by atoms with E-state index < -0.39 is 0 Å². The molecule has 3 rings (SSSR count). The summed E-state index contributed by atoms with van der Waals surface area (Å²) in [5.74, 6) is 0.394. The summed E-state index contributed by atoms with van der Waals surface area (Å²) in [5.41, 5.74) is 3.01. The molecule has 134 valence electrons. The zero-order valence-corrected chi connectivity index (χ0v) is 18.2. The van der Waals surface area contributed by atoms with Crippen LogP contribution >= 0.6 is 43.2 Å². The maximum absolute atomic E-state index is 12.2. The van der Waals surface area contributed by atoms with E-state index in [-0.39, 0.29) is 12.5 Å². The molecule has 0 unspecified atom stereocenters. The molecular weight excluding hydrogens is 480 g/mol. The van der Waals surface area contributed by atoms with E-state index in [1.165, 1.54) is 11.3 Å². The number of carbonyl (C=O) groups is 1. The maximum atomic E-state index is 12.2. The molecule has 0 aliphatic carbocycles. The molecule has 1 heterocycles. The van der Waals surface area contributed by atoms with Crippen molar-refractivity contribution in [1.82, 2.24) is 4.98 Å². The van der Waals surface area contributed by atoms with Crippen molar-refractivity contribution in [2.45, 2.75) is 13.8 Å². The van der Waals surface area contributed by atoms with E-state index in [1.54, 1.807) is 0 Å². The first kappa shape index (κ1) is 19.1. The van der Waals surface area contributed by atoms with Gasteiger partial charge in [-0.25, -0.2) is 4.98 Å². The van der Waals surface area contributed by atoms with Crippen molar-refractivity contribution in [3.05, 3.63) is 61.9 Å². The van der Waals surface area contributed by atoms with Gasteiger partial charge in [0.2, 0.25) is 0 Å². The topological polar surface area (TPSA) is 51.2 Å². The summed E-state index contributed by atoms with van der Waals surface area (Å²) in [6.45, 7) is 3.91. The van der Waals surface area contributed by atoms with Crippen molar-refractivity contribution in [2.75, 3.05) is 11.9 Å². The van der Waals surface area contributed by atoms with E-state index in [2.05, 4.69) is 42.2 Å². The highest BCUT2D eigenvalue weighted by molar-refractivity contribution is 9.10. The van der Waals surface area contributed by atoms with Gasteiger partial charge in [0, 0.05) is 14.9 Å². The number of aryl methyl sites for hydroxylation is 2. The van der Waals surface area contributed by atoms with Crippen LogP contribution in [0.15, 0.2) is 51.4 Å². The molecule has 1 amide bonds. The molecule has 0 atom stereocenters. The van der Waals surface area contributed by atoms with Gasteiger partial charge in [-0.3, -0.25) is 10.1 Å². The van der Waals surface area contributed by atoms with E-state index >= 15 is 0 Å². The van der Waals surface area contributed by atoms with Crippen molar-refractivity contribution in [3.63, 3.8) is 0 Å². The molecule has 2 aromatic carbocycles. The molecule has 0 bridgehead atoms. The van der Waals surface area contributed by atoms with Crippen LogP contribution in [0.5, 0.6) is 5.75 Å². The fraction of sp³-hybridized carbons (Fsp3) is 0.158. The number of amides is 1. The van der Waals surface area contributed by atoms with Gasteiger partial charge in [0.1, 0.15) is 5.75 Å². The van der Waals surface area contributed by atoms with Gasteiger partial charge >= 0.3 is 0 Å². The second-order valence-corrected chi connectivity index (χ2v) is 8.67. The molecule has 0 aliphatic rings. The minimum absolute atomic E-state index is 0.0755. The minimum Gasteiger partial charge on any atom is -0.483 e. The zero-order valence-electron chi connectivity index (χ0n) is 14.2. The lowest BCUT2D eigenvalue weighted by Crippen LogP contribution is -2.20. The second kappa shape index (κ2) is 8.33. The van der Waals surface area contributed by atoms with Gasteiger partial charge in [0.15, 0.2) is 11.7 Å². The molecule has 0 aliphatic heterocycles. The highest BCUT2D eigenvalue weighted by Gasteiger charge is 2.13. The van der Waals surface area contributed by atoms with Crippen LogP contribution in [0.4, 0.5) is 5.13 Å². The Bertz CT molecular complexity index is 939. The number of anilines is 1. The number of rotatable bonds is 5. The van der Waals surface area contributed by atoms with Crippen molar-refractivity contribution >= 4 is 54.2 Å². The number of nitrogens with zero attached hydrogens (tertiary/aromatic N) is 1. The molecule has 0 saturated carbocycles. The molecule has 0 radical (unpaired) electrons. The number of hydrogen-bond acceptors (Lipinski definition) is 4. The fourth-order valence-corrected chi connectivity index (χ4v) is 4.07. The number of ether oxygens (including phenoxy) is 1. The number of aromatic nitrogens is 1. The average molecular weight is 496 g/mol. The SMILES string of the molecule is Cc1ccc(OCC(=O)Nc2nc(-c3ccc(Br)cc3)c(C)s2)c(Br)c1. The van der Waals surface area contributed by atoms with Crippen LogP contribution in [0.2, 0.25) is 0 Å². The normalized spacial score (nSPS) is 10.6. The monoisotopic (exact) mass is 494 g/mol. The van der Waals surface area contributed by atoms with Crippen LogP contribution in [0.3, 0.4) is 0 Å². The summed E-state index contributed by atoms with van der Waals surface area (Å²) in [5, 5.41) is 3.37. The predicted octanol–water partition coefficient (Wildman–Crippen LogP) is 5.97. The Labute approximate surface area is 172 Å². The molecule has 0 spiro atoms. The van der Waals surface area contributed by atoms with E-state index in [9.17, 15) is 4.79 Å². The van der Waals surface area contributed by atoms with Crippen LogP contribution in [-0.4, -0.2) is 17.5 Å². The van der Waals surface area contributed by atoms with Gasteiger partial charge < -0.3 is 4.74 Å². The Morgan fingerprint density at radius 1 is 1.15 bits per heavy atom. The lowest BCUT2D eigenvalue weighted by atomic mass is 10.1. The minimum atomic E-state index is -0.242. The highest BCUT2D eigenvalue weighted by atomic mass is 79.9. The third kappa shape index (κ3) is 4.72. The lowest BCUT2D eigenvalue weighted by Gasteiger charge is -2.08. The molecule has 0 saturated heterocycles. The second-order valence-electron chi connectivity index (χ2n) is 5.70. The van der Waals surface area contributed by atoms with Gasteiger partial charge in [0.05, 0.1) is 10.2 Å². The largest absolute Gasteiger partial charge is 0.483 e. The summed E-state index contributed by atoms with van der Waals surface area (Å²) in [6, 6.07) is 13.7. The van der Waals surface area contributed by atoms with E-state index in [0.717, 1.165) is 30.6 Å².